The number of aromatic nitrogens is 2. The molecular weight excluding hydrogens is 192 g/mol. The smallest absolute Gasteiger partial charge is 0.269 e. The van der Waals surface area contributed by atoms with Crippen LogP contribution >= 0.6 is 0 Å². The molecule has 2 rings (SSSR count). The molecule has 2 heterocycles. The van der Waals surface area contributed by atoms with Gasteiger partial charge in [-0.3, -0.25) is 9.48 Å². The molecule has 1 aromatic rings. The number of nitrogens with two attached hydrogens (primary N) is 1. The Labute approximate surface area is 88.6 Å². The van der Waals surface area contributed by atoms with Gasteiger partial charge in [0.25, 0.3) is 5.91 Å². The highest BCUT2D eigenvalue weighted by Crippen LogP contribution is 2.20. The van der Waals surface area contributed by atoms with Gasteiger partial charge in [0.1, 0.15) is 0 Å². The molecule has 5 nitrogen and oxygen atoms in total. The first-order valence-electron chi connectivity index (χ1n) is 5.23. The number of nitrogens with zero attached hydrogens (tertiary/aromatic N) is 2. The molecule has 0 saturated carbocycles. The SMILES string of the molecule is CCc1c(C)c(C(N)=O)nn1C1CNC1. The topological polar surface area (TPSA) is 72.9 Å². The second-order valence-electron chi connectivity index (χ2n) is 3.89. The van der Waals surface area contributed by atoms with E-state index in [-0.39, 0.29) is 0 Å². The van der Waals surface area contributed by atoms with Gasteiger partial charge in [0.2, 0.25) is 0 Å². The van der Waals surface area contributed by atoms with Crippen LogP contribution in [0.2, 0.25) is 0 Å². The molecule has 0 aromatic carbocycles. The first kappa shape index (κ1) is 10.2. The van der Waals surface area contributed by atoms with Gasteiger partial charge in [-0.15, -0.1) is 0 Å². The summed E-state index contributed by atoms with van der Waals surface area (Å²) in [5.74, 6) is -0.437. The van der Waals surface area contributed by atoms with E-state index in [1.807, 2.05) is 11.6 Å². The molecule has 1 amide bonds. The summed E-state index contributed by atoms with van der Waals surface area (Å²) in [5, 5.41) is 7.50. The molecule has 1 aliphatic rings. The minimum atomic E-state index is -0.437. The third kappa shape index (κ3) is 1.52. The number of carbonyl (C=O) groups excluding carboxylic acids is 1. The minimum absolute atomic E-state index is 0.381. The molecule has 0 radical (unpaired) electrons. The van der Waals surface area contributed by atoms with Crippen LogP contribution in [0, 0.1) is 6.92 Å². The predicted molar refractivity (Wildman–Crippen MR) is 56.8 cm³/mol. The fraction of sp³-hybridized carbons (Fsp3) is 0.600. The fourth-order valence-corrected chi connectivity index (χ4v) is 1.96. The molecule has 1 fully saturated rings. The number of carbonyl (C=O) groups is 1. The Morgan fingerprint density at radius 2 is 2.33 bits per heavy atom. The minimum Gasteiger partial charge on any atom is -0.364 e. The molecule has 1 saturated heterocycles. The van der Waals surface area contributed by atoms with E-state index in [0.29, 0.717) is 11.7 Å². The van der Waals surface area contributed by atoms with E-state index in [2.05, 4.69) is 17.3 Å². The second-order valence-corrected chi connectivity index (χ2v) is 3.89. The zero-order valence-corrected chi connectivity index (χ0v) is 9.08. The Hall–Kier alpha value is -1.36. The molecule has 15 heavy (non-hydrogen) atoms. The molecule has 0 bridgehead atoms. The van der Waals surface area contributed by atoms with Crippen LogP contribution in [0.15, 0.2) is 0 Å². The Morgan fingerprint density at radius 1 is 1.67 bits per heavy atom. The van der Waals surface area contributed by atoms with Gasteiger partial charge in [-0.1, -0.05) is 6.92 Å². The van der Waals surface area contributed by atoms with E-state index in [0.717, 1.165) is 30.8 Å². The van der Waals surface area contributed by atoms with Gasteiger partial charge in [0.15, 0.2) is 5.69 Å². The van der Waals surface area contributed by atoms with Crippen LogP contribution in [0.25, 0.3) is 0 Å². The van der Waals surface area contributed by atoms with Gasteiger partial charge in [-0.05, 0) is 13.3 Å². The Morgan fingerprint density at radius 3 is 2.73 bits per heavy atom. The number of nitrogens with one attached hydrogen (secondary N) is 1. The first-order chi connectivity index (χ1) is 7.15. The standard InChI is InChI=1S/C10H16N4O/c1-3-8-6(2)9(10(11)15)13-14(8)7-4-12-5-7/h7,12H,3-5H2,1-2H3,(H2,11,15). The molecule has 1 aromatic heterocycles. The van der Waals surface area contributed by atoms with Gasteiger partial charge in [0, 0.05) is 24.3 Å². The van der Waals surface area contributed by atoms with Crippen molar-refractivity contribution in [1.82, 2.24) is 15.1 Å². The van der Waals surface area contributed by atoms with Gasteiger partial charge < -0.3 is 11.1 Å². The van der Waals surface area contributed by atoms with Crippen LogP contribution in [0.1, 0.15) is 34.7 Å². The van der Waals surface area contributed by atoms with Gasteiger partial charge in [-0.25, -0.2) is 0 Å². The number of rotatable bonds is 3. The van der Waals surface area contributed by atoms with E-state index in [4.69, 9.17) is 5.73 Å². The molecular formula is C10H16N4O. The van der Waals surface area contributed by atoms with E-state index < -0.39 is 5.91 Å². The third-order valence-electron chi connectivity index (χ3n) is 2.95. The van der Waals surface area contributed by atoms with Crippen LogP contribution in [-0.4, -0.2) is 28.8 Å². The monoisotopic (exact) mass is 208 g/mol. The Balaban J connectivity index is 2.44. The van der Waals surface area contributed by atoms with Crippen LogP contribution in [-0.2, 0) is 6.42 Å². The normalized spacial score (nSPS) is 16.4. The average Bonchev–Trinajstić information content (AvgIpc) is 2.40. The van der Waals surface area contributed by atoms with Crippen molar-refractivity contribution in [2.45, 2.75) is 26.3 Å². The number of amides is 1. The maximum Gasteiger partial charge on any atom is 0.269 e. The first-order valence-corrected chi connectivity index (χ1v) is 5.23. The summed E-state index contributed by atoms with van der Waals surface area (Å²) in [6.45, 7) is 5.82. The van der Waals surface area contributed by atoms with Crippen molar-refractivity contribution >= 4 is 5.91 Å². The third-order valence-corrected chi connectivity index (χ3v) is 2.95. The van der Waals surface area contributed by atoms with E-state index in [1.54, 1.807) is 0 Å². The van der Waals surface area contributed by atoms with Crippen molar-refractivity contribution in [3.05, 3.63) is 17.0 Å². The molecule has 0 aliphatic carbocycles. The maximum absolute atomic E-state index is 11.2. The van der Waals surface area contributed by atoms with Crippen LogP contribution < -0.4 is 11.1 Å². The molecule has 0 unspecified atom stereocenters. The lowest BCUT2D eigenvalue weighted by Gasteiger charge is -2.28. The Kier molecular flexibility index (Phi) is 2.48. The molecule has 1 aliphatic heterocycles. The van der Waals surface area contributed by atoms with Crippen molar-refractivity contribution < 1.29 is 4.79 Å². The zero-order valence-electron chi connectivity index (χ0n) is 9.08. The van der Waals surface area contributed by atoms with Crippen LogP contribution in [0.5, 0.6) is 0 Å². The van der Waals surface area contributed by atoms with E-state index in [9.17, 15) is 4.79 Å². The van der Waals surface area contributed by atoms with Crippen molar-refractivity contribution in [3.63, 3.8) is 0 Å². The lowest BCUT2D eigenvalue weighted by atomic mass is 10.1. The maximum atomic E-state index is 11.2. The van der Waals surface area contributed by atoms with Gasteiger partial charge >= 0.3 is 0 Å². The highest BCUT2D eigenvalue weighted by Gasteiger charge is 2.25. The van der Waals surface area contributed by atoms with Crippen molar-refractivity contribution in [2.24, 2.45) is 5.73 Å². The molecule has 0 atom stereocenters. The number of hydrogen-bond acceptors (Lipinski definition) is 3. The van der Waals surface area contributed by atoms with Crippen LogP contribution in [0.4, 0.5) is 0 Å². The molecule has 82 valence electrons. The predicted octanol–water partition coefficient (Wildman–Crippen LogP) is -0.00288. The van der Waals surface area contributed by atoms with Crippen molar-refractivity contribution in [3.8, 4) is 0 Å². The van der Waals surface area contributed by atoms with E-state index >= 15 is 0 Å². The lowest BCUT2D eigenvalue weighted by Crippen LogP contribution is -2.44. The quantitative estimate of drug-likeness (QED) is 0.734. The number of primary amides is 1. The molecule has 0 spiro atoms. The average molecular weight is 208 g/mol. The summed E-state index contributed by atoms with van der Waals surface area (Å²) >= 11 is 0. The highest BCUT2D eigenvalue weighted by molar-refractivity contribution is 5.92. The summed E-state index contributed by atoms with van der Waals surface area (Å²) in [7, 11) is 0. The summed E-state index contributed by atoms with van der Waals surface area (Å²) < 4.78 is 1.95. The fourth-order valence-electron chi connectivity index (χ4n) is 1.96. The number of hydrogen-bond donors (Lipinski definition) is 2. The van der Waals surface area contributed by atoms with Gasteiger partial charge in [-0.2, -0.15) is 5.10 Å². The van der Waals surface area contributed by atoms with E-state index in [1.165, 1.54) is 0 Å². The lowest BCUT2D eigenvalue weighted by molar-refractivity contribution is 0.0993. The zero-order chi connectivity index (χ0) is 11.0. The van der Waals surface area contributed by atoms with Gasteiger partial charge in [0.05, 0.1) is 6.04 Å². The molecule has 5 heteroatoms. The summed E-state index contributed by atoms with van der Waals surface area (Å²) in [4.78, 5) is 11.2. The Bertz CT molecular complexity index is 392. The van der Waals surface area contributed by atoms with Crippen molar-refractivity contribution in [1.29, 1.82) is 0 Å². The summed E-state index contributed by atoms with van der Waals surface area (Å²) in [5.41, 5.74) is 7.74. The van der Waals surface area contributed by atoms with Crippen LogP contribution in [0.3, 0.4) is 0 Å². The molecule has 3 N–H and O–H groups in total. The summed E-state index contributed by atoms with van der Waals surface area (Å²) in [6.07, 6.45) is 0.878. The second kappa shape index (κ2) is 3.66. The largest absolute Gasteiger partial charge is 0.364 e. The highest BCUT2D eigenvalue weighted by atomic mass is 16.1. The van der Waals surface area contributed by atoms with Crippen molar-refractivity contribution in [2.75, 3.05) is 13.1 Å². The summed E-state index contributed by atoms with van der Waals surface area (Å²) in [6, 6.07) is 0.381.